The van der Waals surface area contributed by atoms with Gasteiger partial charge in [-0.1, -0.05) is 0 Å². The van der Waals surface area contributed by atoms with Gasteiger partial charge in [0.25, 0.3) is 11.8 Å². The topological polar surface area (TPSA) is 159 Å². The van der Waals surface area contributed by atoms with Crippen LogP contribution in [0.3, 0.4) is 0 Å². The maximum Gasteiger partial charge on any atom is 0.265 e. The lowest BCUT2D eigenvalue weighted by Crippen LogP contribution is -2.54. The van der Waals surface area contributed by atoms with Crippen LogP contribution in [0, 0.1) is 0 Å². The predicted octanol–water partition coefficient (Wildman–Crippen LogP) is 2.59. The van der Waals surface area contributed by atoms with Crippen molar-refractivity contribution in [3.8, 4) is 28.7 Å². The summed E-state index contributed by atoms with van der Waals surface area (Å²) in [7, 11) is -0.978. The van der Waals surface area contributed by atoms with Gasteiger partial charge in [0.2, 0.25) is 5.89 Å². The maximum atomic E-state index is 13.3. The van der Waals surface area contributed by atoms with E-state index in [4.69, 9.17) is 28.6 Å². The molecule has 1 aliphatic rings. The fraction of sp³-hybridized carbons (Fsp3) is 0.400. The molecule has 4 rings (SSSR count). The van der Waals surface area contributed by atoms with E-state index in [9.17, 15) is 13.2 Å². The summed E-state index contributed by atoms with van der Waals surface area (Å²) in [5.41, 5.74) is 2.13. The fourth-order valence-electron chi connectivity index (χ4n) is 4.22. The van der Waals surface area contributed by atoms with E-state index >= 15 is 0 Å². The average Bonchev–Trinajstić information content (AvgIpc) is 3.43. The summed E-state index contributed by atoms with van der Waals surface area (Å²) < 4.78 is 52.2. The van der Waals surface area contributed by atoms with Crippen LogP contribution >= 0.6 is 0 Å². The highest BCUT2D eigenvalue weighted by atomic mass is 32.2. The van der Waals surface area contributed by atoms with Crippen molar-refractivity contribution in [3.63, 3.8) is 0 Å². The van der Waals surface area contributed by atoms with Gasteiger partial charge in [0.05, 0.1) is 31.3 Å². The first-order valence-electron chi connectivity index (χ1n) is 11.9. The highest BCUT2D eigenvalue weighted by Gasteiger charge is 2.52. The van der Waals surface area contributed by atoms with Gasteiger partial charge in [0, 0.05) is 19.6 Å². The van der Waals surface area contributed by atoms with E-state index in [2.05, 4.69) is 10.2 Å². The Labute approximate surface area is 219 Å². The Balaban J connectivity index is 1.35. The molecular formula is C25H29N3O9S. The normalized spacial score (nSPS) is 15.0. The van der Waals surface area contributed by atoms with Gasteiger partial charge in [-0.2, -0.15) is 0 Å². The molecule has 1 fully saturated rings. The minimum Gasteiger partial charge on any atom is -0.497 e. The van der Waals surface area contributed by atoms with E-state index in [0.29, 0.717) is 54.0 Å². The van der Waals surface area contributed by atoms with Crippen LogP contribution in [-0.4, -0.2) is 68.5 Å². The second kappa shape index (κ2) is 11.8. The van der Waals surface area contributed by atoms with Crippen molar-refractivity contribution < 1.29 is 41.8 Å². The van der Waals surface area contributed by atoms with E-state index in [1.165, 1.54) is 29.7 Å². The zero-order chi connectivity index (χ0) is 27.2. The molecule has 13 heteroatoms. The molecule has 0 atom stereocenters. The Bertz CT molecular complexity index is 1350. The number of benzene rings is 2. The van der Waals surface area contributed by atoms with Crippen LogP contribution in [0.15, 0.2) is 51.8 Å². The first kappa shape index (κ1) is 27.4. The number of carbonyl (C=O) groups is 1. The predicted molar refractivity (Wildman–Crippen MR) is 133 cm³/mol. The summed E-state index contributed by atoms with van der Waals surface area (Å²) in [5, 5.41) is 17.3. The molecular weight excluding hydrogens is 518 g/mol. The molecule has 1 saturated heterocycles. The average molecular weight is 548 g/mol. The first-order chi connectivity index (χ1) is 18.3. The minimum absolute atomic E-state index is 0.0401. The summed E-state index contributed by atoms with van der Waals surface area (Å²) in [6, 6.07) is 11.1. The van der Waals surface area contributed by atoms with Gasteiger partial charge in [-0.05, 0) is 61.7 Å². The standard InChI is InChI=1S/C25H29N3O9S/c1-33-18-7-10-21(34-2)20(16-18)23-27-26-22(37-23)4-3-13-36-17-5-8-19(9-6-17)38(31,32)25(24(29)28-30)11-14-35-15-12-25/h5-10,16,30H,3-4,11-15H2,1-2H3,(H,28,29). The molecule has 2 aromatic carbocycles. The van der Waals surface area contributed by atoms with Crippen LogP contribution in [0.1, 0.15) is 25.2 Å². The van der Waals surface area contributed by atoms with Crippen molar-refractivity contribution in [1.82, 2.24) is 15.7 Å². The molecule has 1 aliphatic heterocycles. The lowest BCUT2D eigenvalue weighted by atomic mass is 9.98. The third-order valence-electron chi connectivity index (χ3n) is 6.37. The van der Waals surface area contributed by atoms with Gasteiger partial charge in [-0.15, -0.1) is 10.2 Å². The number of aromatic nitrogens is 2. The van der Waals surface area contributed by atoms with Crippen molar-refractivity contribution in [3.05, 3.63) is 48.4 Å². The van der Waals surface area contributed by atoms with E-state index in [-0.39, 0.29) is 31.0 Å². The van der Waals surface area contributed by atoms with Crippen LogP contribution in [0.2, 0.25) is 0 Å². The second-order valence-corrected chi connectivity index (χ2v) is 10.8. The Morgan fingerprint density at radius 2 is 1.76 bits per heavy atom. The van der Waals surface area contributed by atoms with E-state index < -0.39 is 20.5 Å². The number of rotatable bonds is 11. The van der Waals surface area contributed by atoms with Crippen molar-refractivity contribution in [1.29, 1.82) is 0 Å². The Morgan fingerprint density at radius 3 is 2.42 bits per heavy atom. The van der Waals surface area contributed by atoms with Crippen molar-refractivity contribution in [2.24, 2.45) is 0 Å². The highest BCUT2D eigenvalue weighted by Crippen LogP contribution is 2.36. The molecule has 0 aliphatic carbocycles. The highest BCUT2D eigenvalue weighted by molar-refractivity contribution is 7.93. The van der Waals surface area contributed by atoms with Crippen LogP contribution in [0.25, 0.3) is 11.5 Å². The summed E-state index contributed by atoms with van der Waals surface area (Å²) in [5.74, 6) is 1.45. The van der Waals surface area contributed by atoms with Crippen molar-refractivity contribution in [2.45, 2.75) is 35.3 Å². The van der Waals surface area contributed by atoms with E-state index in [1.807, 2.05) is 0 Å². The number of aryl methyl sites for hydroxylation is 1. The fourth-order valence-corrected chi connectivity index (χ4v) is 6.16. The quantitative estimate of drug-likeness (QED) is 0.206. The molecule has 0 spiro atoms. The molecule has 0 bridgehead atoms. The number of hydrogen-bond acceptors (Lipinski definition) is 11. The molecule has 1 amide bonds. The molecule has 0 radical (unpaired) electrons. The molecule has 0 unspecified atom stereocenters. The zero-order valence-corrected chi connectivity index (χ0v) is 21.8. The lowest BCUT2D eigenvalue weighted by molar-refractivity contribution is -0.134. The summed E-state index contributed by atoms with van der Waals surface area (Å²) in [4.78, 5) is 12.3. The number of hydrogen-bond donors (Lipinski definition) is 2. The molecule has 3 aromatic rings. The first-order valence-corrected chi connectivity index (χ1v) is 13.4. The maximum absolute atomic E-state index is 13.3. The zero-order valence-electron chi connectivity index (χ0n) is 21.0. The number of methoxy groups -OCH3 is 2. The molecule has 1 aromatic heterocycles. The van der Waals surface area contributed by atoms with Crippen LogP contribution < -0.4 is 19.7 Å². The smallest absolute Gasteiger partial charge is 0.265 e. The third kappa shape index (κ3) is 5.44. The molecule has 12 nitrogen and oxygen atoms in total. The van der Waals surface area contributed by atoms with Gasteiger partial charge in [-0.25, -0.2) is 13.9 Å². The number of carbonyl (C=O) groups excluding carboxylic acids is 1. The number of ether oxygens (including phenoxy) is 4. The van der Waals surface area contributed by atoms with Gasteiger partial charge in [0.15, 0.2) is 14.6 Å². The molecule has 2 heterocycles. The molecule has 2 N–H and O–H groups in total. The van der Waals surface area contributed by atoms with Crippen molar-refractivity contribution >= 4 is 15.7 Å². The summed E-state index contributed by atoms with van der Waals surface area (Å²) in [6.07, 6.45) is 0.924. The second-order valence-electron chi connectivity index (χ2n) is 8.54. The third-order valence-corrected chi connectivity index (χ3v) is 8.89. The summed E-state index contributed by atoms with van der Waals surface area (Å²) in [6.45, 7) is 0.519. The monoisotopic (exact) mass is 547 g/mol. The van der Waals surface area contributed by atoms with Crippen LogP contribution in [-0.2, 0) is 25.8 Å². The molecule has 204 valence electrons. The minimum atomic E-state index is -4.10. The molecule has 0 saturated carbocycles. The summed E-state index contributed by atoms with van der Waals surface area (Å²) >= 11 is 0. The number of nitrogens with one attached hydrogen (secondary N) is 1. The van der Waals surface area contributed by atoms with E-state index in [0.717, 1.165) is 0 Å². The van der Waals surface area contributed by atoms with Crippen molar-refractivity contribution in [2.75, 3.05) is 34.0 Å². The number of amides is 1. The van der Waals surface area contributed by atoms with Gasteiger partial charge < -0.3 is 23.4 Å². The van der Waals surface area contributed by atoms with E-state index in [1.54, 1.807) is 32.4 Å². The van der Waals surface area contributed by atoms with Crippen LogP contribution in [0.5, 0.6) is 17.2 Å². The molecule has 38 heavy (non-hydrogen) atoms. The largest absolute Gasteiger partial charge is 0.497 e. The van der Waals surface area contributed by atoms with Gasteiger partial charge in [-0.3, -0.25) is 10.0 Å². The number of sulfone groups is 1. The SMILES string of the molecule is COc1ccc(OC)c(-c2nnc(CCCOc3ccc(S(=O)(=O)C4(C(=O)NO)CCOCC4)cc3)o2)c1. The number of hydroxylamine groups is 1. The van der Waals surface area contributed by atoms with Gasteiger partial charge in [0.1, 0.15) is 17.2 Å². The number of nitrogens with zero attached hydrogens (tertiary/aromatic N) is 2. The van der Waals surface area contributed by atoms with Crippen LogP contribution in [0.4, 0.5) is 0 Å². The Hall–Kier alpha value is -3.68. The lowest BCUT2D eigenvalue weighted by Gasteiger charge is -2.34. The van der Waals surface area contributed by atoms with Gasteiger partial charge >= 0.3 is 0 Å². The Kier molecular flexibility index (Phi) is 8.49. The Morgan fingerprint density at radius 1 is 1.05 bits per heavy atom.